The fraction of sp³-hybridized carbons (Fsp3) is 0.500. The fourth-order valence-electron chi connectivity index (χ4n) is 1.65. The van der Waals surface area contributed by atoms with Crippen molar-refractivity contribution >= 4 is 5.97 Å². The molecular weight excluding hydrogens is 200 g/mol. The SMILES string of the molecule is CCCCc1cccc(CC(=O)OCC)c1. The standard InChI is InChI=1S/C14H20O2/c1-3-5-7-12-8-6-9-13(10-12)11-14(15)16-4-2/h6,8-10H,3-5,7,11H2,1-2H3. The molecule has 2 nitrogen and oxygen atoms in total. The zero-order valence-electron chi connectivity index (χ0n) is 10.2. The lowest BCUT2D eigenvalue weighted by Gasteiger charge is -2.04. The number of ether oxygens (including phenoxy) is 1. The van der Waals surface area contributed by atoms with E-state index < -0.39 is 0 Å². The first-order valence-corrected chi connectivity index (χ1v) is 5.99. The molecule has 16 heavy (non-hydrogen) atoms. The molecule has 0 saturated carbocycles. The van der Waals surface area contributed by atoms with Crippen molar-refractivity contribution in [1.82, 2.24) is 0 Å². The van der Waals surface area contributed by atoms with Gasteiger partial charge in [-0.3, -0.25) is 4.79 Å². The summed E-state index contributed by atoms with van der Waals surface area (Å²) in [5.41, 5.74) is 2.36. The Morgan fingerprint density at radius 1 is 1.25 bits per heavy atom. The van der Waals surface area contributed by atoms with Gasteiger partial charge < -0.3 is 4.74 Å². The second kappa shape index (κ2) is 7.04. The Balaban J connectivity index is 2.56. The topological polar surface area (TPSA) is 26.3 Å². The smallest absolute Gasteiger partial charge is 0.310 e. The molecule has 0 bridgehead atoms. The molecule has 0 N–H and O–H groups in total. The number of benzene rings is 1. The highest BCUT2D eigenvalue weighted by molar-refractivity contribution is 5.72. The third-order valence-electron chi connectivity index (χ3n) is 2.46. The van der Waals surface area contributed by atoms with Gasteiger partial charge in [0.1, 0.15) is 0 Å². The molecule has 0 atom stereocenters. The molecule has 0 aromatic heterocycles. The van der Waals surface area contributed by atoms with E-state index in [0.717, 1.165) is 12.0 Å². The highest BCUT2D eigenvalue weighted by Gasteiger charge is 2.04. The predicted molar refractivity (Wildman–Crippen MR) is 65.4 cm³/mol. The van der Waals surface area contributed by atoms with Crippen molar-refractivity contribution in [2.45, 2.75) is 39.5 Å². The summed E-state index contributed by atoms with van der Waals surface area (Å²) < 4.78 is 4.93. The van der Waals surface area contributed by atoms with Crippen molar-refractivity contribution in [3.05, 3.63) is 35.4 Å². The van der Waals surface area contributed by atoms with E-state index >= 15 is 0 Å². The van der Waals surface area contributed by atoms with Gasteiger partial charge in [0.2, 0.25) is 0 Å². The summed E-state index contributed by atoms with van der Waals surface area (Å²) in [5, 5.41) is 0. The number of hydrogen-bond donors (Lipinski definition) is 0. The van der Waals surface area contributed by atoms with Crippen LogP contribution >= 0.6 is 0 Å². The lowest BCUT2D eigenvalue weighted by molar-refractivity contribution is -0.142. The maximum atomic E-state index is 11.3. The zero-order chi connectivity index (χ0) is 11.8. The molecule has 2 heteroatoms. The van der Waals surface area contributed by atoms with Gasteiger partial charge in [0.05, 0.1) is 13.0 Å². The van der Waals surface area contributed by atoms with E-state index in [1.807, 2.05) is 19.1 Å². The van der Waals surface area contributed by atoms with Crippen LogP contribution < -0.4 is 0 Å². The molecule has 0 unspecified atom stereocenters. The van der Waals surface area contributed by atoms with Crippen molar-refractivity contribution in [1.29, 1.82) is 0 Å². The van der Waals surface area contributed by atoms with Crippen LogP contribution in [0.2, 0.25) is 0 Å². The molecule has 0 aliphatic rings. The lowest BCUT2D eigenvalue weighted by atomic mass is 10.0. The number of aryl methyl sites for hydroxylation is 1. The maximum Gasteiger partial charge on any atom is 0.310 e. The van der Waals surface area contributed by atoms with Gasteiger partial charge in [-0.1, -0.05) is 37.6 Å². The Bertz CT molecular complexity index is 331. The second-order valence-electron chi connectivity index (χ2n) is 3.91. The molecule has 0 fully saturated rings. The number of esters is 1. The van der Waals surface area contributed by atoms with E-state index in [9.17, 15) is 4.79 Å². The minimum absolute atomic E-state index is 0.143. The molecular formula is C14H20O2. The molecule has 0 saturated heterocycles. The summed E-state index contributed by atoms with van der Waals surface area (Å²) in [7, 11) is 0. The first-order chi connectivity index (χ1) is 7.76. The minimum atomic E-state index is -0.143. The summed E-state index contributed by atoms with van der Waals surface area (Å²) in [5.74, 6) is -0.143. The van der Waals surface area contributed by atoms with Gasteiger partial charge in [0, 0.05) is 0 Å². The Labute approximate surface area is 97.6 Å². The molecule has 0 aliphatic carbocycles. The van der Waals surface area contributed by atoms with Crippen molar-refractivity contribution < 1.29 is 9.53 Å². The third kappa shape index (κ3) is 4.47. The zero-order valence-corrected chi connectivity index (χ0v) is 10.2. The van der Waals surface area contributed by atoms with Gasteiger partial charge in [0.25, 0.3) is 0 Å². The van der Waals surface area contributed by atoms with Crippen molar-refractivity contribution in [3.63, 3.8) is 0 Å². The summed E-state index contributed by atoms with van der Waals surface area (Å²) >= 11 is 0. The lowest BCUT2D eigenvalue weighted by Crippen LogP contribution is -2.07. The number of unbranched alkanes of at least 4 members (excludes halogenated alkanes) is 1. The monoisotopic (exact) mass is 220 g/mol. The quantitative estimate of drug-likeness (QED) is 0.688. The van der Waals surface area contributed by atoms with Crippen LogP contribution in [0, 0.1) is 0 Å². The van der Waals surface area contributed by atoms with Crippen molar-refractivity contribution in [3.8, 4) is 0 Å². The minimum Gasteiger partial charge on any atom is -0.466 e. The summed E-state index contributed by atoms with van der Waals surface area (Å²) in [6, 6.07) is 8.21. The van der Waals surface area contributed by atoms with Gasteiger partial charge >= 0.3 is 5.97 Å². The summed E-state index contributed by atoms with van der Waals surface area (Å²) in [6.45, 7) is 4.46. The van der Waals surface area contributed by atoms with Crippen LogP contribution in [0.1, 0.15) is 37.8 Å². The van der Waals surface area contributed by atoms with Crippen molar-refractivity contribution in [2.24, 2.45) is 0 Å². The molecule has 0 radical (unpaired) electrons. The van der Waals surface area contributed by atoms with E-state index in [4.69, 9.17) is 4.74 Å². The fourth-order valence-corrected chi connectivity index (χ4v) is 1.65. The van der Waals surface area contributed by atoms with Crippen LogP contribution in [0.5, 0.6) is 0 Å². The van der Waals surface area contributed by atoms with Crippen LogP contribution in [-0.4, -0.2) is 12.6 Å². The molecule has 0 heterocycles. The van der Waals surface area contributed by atoms with Crippen LogP contribution in [0.15, 0.2) is 24.3 Å². The van der Waals surface area contributed by atoms with E-state index in [2.05, 4.69) is 19.1 Å². The van der Waals surface area contributed by atoms with Gasteiger partial charge in [-0.2, -0.15) is 0 Å². The molecule has 0 spiro atoms. The maximum absolute atomic E-state index is 11.3. The van der Waals surface area contributed by atoms with E-state index in [0.29, 0.717) is 13.0 Å². The first kappa shape index (κ1) is 12.8. The summed E-state index contributed by atoms with van der Waals surface area (Å²) in [4.78, 5) is 11.3. The number of rotatable bonds is 6. The largest absolute Gasteiger partial charge is 0.466 e. The first-order valence-electron chi connectivity index (χ1n) is 5.99. The average Bonchev–Trinajstić information content (AvgIpc) is 2.27. The van der Waals surface area contributed by atoms with Gasteiger partial charge in [-0.15, -0.1) is 0 Å². The highest BCUT2D eigenvalue weighted by atomic mass is 16.5. The Morgan fingerprint density at radius 3 is 2.69 bits per heavy atom. The highest BCUT2D eigenvalue weighted by Crippen LogP contribution is 2.09. The summed E-state index contributed by atoms with van der Waals surface area (Å²) in [6.07, 6.45) is 3.87. The van der Waals surface area contributed by atoms with E-state index in [-0.39, 0.29) is 5.97 Å². The van der Waals surface area contributed by atoms with Gasteiger partial charge in [-0.25, -0.2) is 0 Å². The Hall–Kier alpha value is -1.31. The predicted octanol–water partition coefficient (Wildman–Crippen LogP) is 3.13. The Kier molecular flexibility index (Phi) is 5.62. The molecule has 1 aromatic carbocycles. The van der Waals surface area contributed by atoms with Crippen LogP contribution in [0.3, 0.4) is 0 Å². The normalized spacial score (nSPS) is 10.1. The number of carbonyl (C=O) groups is 1. The molecule has 88 valence electrons. The van der Waals surface area contributed by atoms with Crippen LogP contribution in [-0.2, 0) is 22.4 Å². The Morgan fingerprint density at radius 2 is 2.00 bits per heavy atom. The third-order valence-corrected chi connectivity index (χ3v) is 2.46. The second-order valence-corrected chi connectivity index (χ2v) is 3.91. The van der Waals surface area contributed by atoms with Crippen molar-refractivity contribution in [2.75, 3.05) is 6.61 Å². The van der Waals surface area contributed by atoms with Gasteiger partial charge in [-0.05, 0) is 30.9 Å². The van der Waals surface area contributed by atoms with Crippen LogP contribution in [0.25, 0.3) is 0 Å². The van der Waals surface area contributed by atoms with E-state index in [1.54, 1.807) is 0 Å². The number of carbonyl (C=O) groups excluding carboxylic acids is 1. The molecule has 0 amide bonds. The molecule has 1 rings (SSSR count). The number of hydrogen-bond acceptors (Lipinski definition) is 2. The van der Waals surface area contributed by atoms with E-state index in [1.165, 1.54) is 18.4 Å². The van der Waals surface area contributed by atoms with Gasteiger partial charge in [0.15, 0.2) is 0 Å². The van der Waals surface area contributed by atoms with Crippen LogP contribution in [0.4, 0.5) is 0 Å². The molecule has 1 aromatic rings. The average molecular weight is 220 g/mol. The molecule has 0 aliphatic heterocycles.